The fourth-order valence-electron chi connectivity index (χ4n) is 6.75. The van der Waals surface area contributed by atoms with Crippen LogP contribution >= 0.6 is 0 Å². The quantitative estimate of drug-likeness (QED) is 0.243. The molecule has 0 aromatic carbocycles. The van der Waals surface area contributed by atoms with Gasteiger partial charge in [0.25, 0.3) is 0 Å². The molecule has 5 rings (SSSR count). The van der Waals surface area contributed by atoms with Crippen LogP contribution in [-0.4, -0.2) is 0 Å². The zero-order valence-electron chi connectivity index (χ0n) is 20.7. The van der Waals surface area contributed by atoms with E-state index in [2.05, 4.69) is 56.9 Å². The molecule has 2 saturated carbocycles. The zero-order valence-corrected chi connectivity index (χ0v) is 20.7. The van der Waals surface area contributed by atoms with E-state index in [1.54, 1.807) is 0 Å². The minimum Gasteiger partial charge on any atom is -0.103 e. The Labute approximate surface area is 194 Å². The molecule has 0 aromatic rings. The summed E-state index contributed by atoms with van der Waals surface area (Å²) in [6.45, 7) is 8.18. The Hall–Kier alpha value is -1.04. The molecule has 0 N–H and O–H groups in total. The lowest BCUT2D eigenvalue weighted by Crippen LogP contribution is -2.12. The molecule has 0 aromatic heterocycles. The van der Waals surface area contributed by atoms with Crippen molar-refractivity contribution in [2.75, 3.05) is 0 Å². The Balaban J connectivity index is 0.000000136. The van der Waals surface area contributed by atoms with Crippen LogP contribution in [0, 0.1) is 41.4 Å². The summed E-state index contributed by atoms with van der Waals surface area (Å²) in [6.07, 6.45) is 36.3. The van der Waals surface area contributed by atoms with Crippen molar-refractivity contribution in [2.24, 2.45) is 41.4 Å². The Morgan fingerprint density at radius 2 is 1.48 bits per heavy atom. The van der Waals surface area contributed by atoms with Crippen molar-refractivity contribution in [1.82, 2.24) is 0 Å². The highest BCUT2D eigenvalue weighted by atomic mass is 14.5. The maximum absolute atomic E-state index is 3.66. The fourth-order valence-corrected chi connectivity index (χ4v) is 6.75. The van der Waals surface area contributed by atoms with Crippen molar-refractivity contribution in [1.29, 1.82) is 0 Å². The molecule has 7 unspecified atom stereocenters. The van der Waals surface area contributed by atoms with E-state index in [1.165, 1.54) is 89.9 Å². The van der Waals surface area contributed by atoms with E-state index in [1.807, 2.05) is 6.08 Å². The lowest BCUT2D eigenvalue weighted by atomic mass is 9.86. The van der Waals surface area contributed by atoms with Crippen molar-refractivity contribution in [2.45, 2.75) is 104 Å². The van der Waals surface area contributed by atoms with Gasteiger partial charge in [-0.1, -0.05) is 101 Å². The third-order valence-electron chi connectivity index (χ3n) is 8.56. The minimum absolute atomic E-state index is 0.925. The van der Waals surface area contributed by atoms with Gasteiger partial charge in [-0.25, -0.2) is 0 Å². The molecule has 4 bridgehead atoms. The van der Waals surface area contributed by atoms with E-state index in [4.69, 9.17) is 0 Å². The highest BCUT2D eigenvalue weighted by Gasteiger charge is 2.44. The summed E-state index contributed by atoms with van der Waals surface area (Å²) in [5, 5.41) is 0. The average molecular weight is 423 g/mol. The average Bonchev–Trinajstić information content (AvgIpc) is 3.60. The van der Waals surface area contributed by atoms with Gasteiger partial charge in [0.1, 0.15) is 0 Å². The van der Waals surface area contributed by atoms with Crippen LogP contribution < -0.4 is 0 Å². The number of fused-ring (bicyclic) bond motifs is 7. The Kier molecular flexibility index (Phi) is 10.7. The maximum atomic E-state index is 3.66. The van der Waals surface area contributed by atoms with Gasteiger partial charge in [0.2, 0.25) is 0 Å². The van der Waals surface area contributed by atoms with E-state index in [-0.39, 0.29) is 0 Å². The number of allylic oxidation sites excluding steroid dienone is 7. The van der Waals surface area contributed by atoms with Crippen LogP contribution in [-0.2, 0) is 0 Å². The van der Waals surface area contributed by atoms with Gasteiger partial charge < -0.3 is 0 Å². The first-order valence-corrected chi connectivity index (χ1v) is 13.9. The molecule has 0 saturated heterocycles. The molecule has 0 nitrogen and oxygen atoms in total. The molecule has 0 heteroatoms. The van der Waals surface area contributed by atoms with E-state index in [0.717, 1.165) is 41.4 Å². The molecule has 2 fully saturated rings. The van der Waals surface area contributed by atoms with Crippen LogP contribution in [0.5, 0.6) is 0 Å². The third-order valence-corrected chi connectivity index (χ3v) is 8.56. The highest BCUT2D eigenvalue weighted by Crippen LogP contribution is 2.52. The maximum Gasteiger partial charge on any atom is -0.0133 e. The summed E-state index contributed by atoms with van der Waals surface area (Å²) in [5.74, 6) is 6.84. The molecule has 0 radical (unpaired) electrons. The summed E-state index contributed by atoms with van der Waals surface area (Å²) in [6, 6.07) is 0. The molecular weight excluding hydrogens is 372 g/mol. The van der Waals surface area contributed by atoms with Crippen LogP contribution in [0.4, 0.5) is 0 Å². The van der Waals surface area contributed by atoms with Crippen molar-refractivity contribution in [3.63, 3.8) is 0 Å². The molecule has 0 aliphatic heterocycles. The molecule has 7 atom stereocenters. The van der Waals surface area contributed by atoms with Gasteiger partial charge >= 0.3 is 0 Å². The second kappa shape index (κ2) is 13.5. The first-order chi connectivity index (χ1) is 15.3. The van der Waals surface area contributed by atoms with Crippen LogP contribution in [0.15, 0.2) is 49.1 Å². The second-order valence-corrected chi connectivity index (χ2v) is 10.9. The van der Waals surface area contributed by atoms with Crippen LogP contribution in [0.25, 0.3) is 0 Å². The van der Waals surface area contributed by atoms with E-state index < -0.39 is 0 Å². The molecule has 5 aliphatic rings. The molecular formula is C31H50. The summed E-state index contributed by atoms with van der Waals surface area (Å²) in [7, 11) is 0. The molecule has 174 valence electrons. The molecule has 0 heterocycles. The molecule has 0 amide bonds. The highest BCUT2D eigenvalue weighted by molar-refractivity contribution is 5.21. The van der Waals surface area contributed by atoms with Gasteiger partial charge in [-0.05, 0) is 86.4 Å². The predicted molar refractivity (Wildman–Crippen MR) is 138 cm³/mol. The van der Waals surface area contributed by atoms with Crippen molar-refractivity contribution < 1.29 is 0 Å². The smallest absolute Gasteiger partial charge is 0.0133 e. The summed E-state index contributed by atoms with van der Waals surface area (Å²) >= 11 is 0. The molecule has 0 spiro atoms. The number of rotatable bonds is 10. The van der Waals surface area contributed by atoms with Gasteiger partial charge in [-0.15, -0.1) is 6.58 Å². The number of unbranched alkanes of at least 4 members (excludes halogenated alkanes) is 7. The fraction of sp³-hybridized carbons (Fsp3) is 0.742. The summed E-state index contributed by atoms with van der Waals surface area (Å²) < 4.78 is 0. The monoisotopic (exact) mass is 422 g/mol. The van der Waals surface area contributed by atoms with Crippen molar-refractivity contribution in [3.8, 4) is 0 Å². The van der Waals surface area contributed by atoms with E-state index in [9.17, 15) is 0 Å². The van der Waals surface area contributed by atoms with Crippen LogP contribution in [0.3, 0.4) is 0 Å². The molecule has 5 aliphatic carbocycles. The van der Waals surface area contributed by atoms with Gasteiger partial charge in [0.15, 0.2) is 0 Å². The Morgan fingerprint density at radius 1 is 0.742 bits per heavy atom. The van der Waals surface area contributed by atoms with Crippen molar-refractivity contribution >= 4 is 0 Å². The number of hydrogen-bond acceptors (Lipinski definition) is 0. The number of hydrogen-bond donors (Lipinski definition) is 0. The van der Waals surface area contributed by atoms with Gasteiger partial charge in [0, 0.05) is 0 Å². The third kappa shape index (κ3) is 7.23. The lowest BCUT2D eigenvalue weighted by molar-refractivity contribution is 0.395. The van der Waals surface area contributed by atoms with Gasteiger partial charge in [-0.2, -0.15) is 0 Å². The molecule has 31 heavy (non-hydrogen) atoms. The minimum atomic E-state index is 0.925. The lowest BCUT2D eigenvalue weighted by Gasteiger charge is -2.18. The zero-order chi connectivity index (χ0) is 21.9. The topological polar surface area (TPSA) is 0 Å². The summed E-state index contributed by atoms with van der Waals surface area (Å²) in [4.78, 5) is 0. The van der Waals surface area contributed by atoms with Gasteiger partial charge in [0.05, 0.1) is 0 Å². The van der Waals surface area contributed by atoms with E-state index in [0.29, 0.717) is 0 Å². The second-order valence-electron chi connectivity index (χ2n) is 10.9. The van der Waals surface area contributed by atoms with Crippen molar-refractivity contribution in [3.05, 3.63) is 49.1 Å². The standard InChI is InChI=1S/C13H22.C10H12.C8H16/c1-2-3-4-5-6-12-9-11-7-8-13(12)10-11;1-2-9-7-4-5-8(6-7)10(9)3-1;1-3-5-7-8-6-4-2/h7-8,11-13H,2-6,9-10H2,1H3;1-2,4-5,7-10H,3,6H2;3H,1,4-8H2,2H3. The Bertz CT molecular complexity index is 593. The first kappa shape index (κ1) is 24.6. The SMILES string of the molecule is C1=CC2C3C=CC(C3)C2C1.C=CCCCCCC.CCCCCCC1CC2C=CC1C2. The normalized spacial score (nSPS) is 35.0. The van der Waals surface area contributed by atoms with Crippen LogP contribution in [0.1, 0.15) is 104 Å². The van der Waals surface area contributed by atoms with Crippen LogP contribution in [0.2, 0.25) is 0 Å². The summed E-state index contributed by atoms with van der Waals surface area (Å²) in [5.41, 5.74) is 0. The van der Waals surface area contributed by atoms with Gasteiger partial charge in [-0.3, -0.25) is 0 Å². The Morgan fingerprint density at radius 3 is 2.13 bits per heavy atom. The van der Waals surface area contributed by atoms with E-state index >= 15 is 0 Å². The largest absolute Gasteiger partial charge is 0.103 e. The predicted octanol–water partition coefficient (Wildman–Crippen LogP) is 9.70. The first-order valence-electron chi connectivity index (χ1n) is 13.9.